The van der Waals surface area contributed by atoms with Crippen molar-refractivity contribution in [1.82, 2.24) is 9.29 Å². The lowest BCUT2D eigenvalue weighted by atomic mass is 10.1. The summed E-state index contributed by atoms with van der Waals surface area (Å²) in [6.45, 7) is 8.30. The molecule has 0 spiro atoms. The lowest BCUT2D eigenvalue weighted by Crippen LogP contribution is -2.22. The van der Waals surface area contributed by atoms with Gasteiger partial charge in [0.15, 0.2) is 6.61 Å². The number of rotatable bonds is 11. The Labute approximate surface area is 194 Å². The van der Waals surface area contributed by atoms with Gasteiger partial charge in [0.25, 0.3) is 10.0 Å². The molecule has 0 saturated carbocycles. The molecule has 2 aromatic rings. The number of aryl methyl sites for hydroxylation is 1. The second kappa shape index (κ2) is 10.6. The number of esters is 1. The first-order valence-electron chi connectivity index (χ1n) is 10.9. The van der Waals surface area contributed by atoms with Gasteiger partial charge in [-0.25, -0.2) is 8.42 Å². The highest BCUT2D eigenvalue weighted by molar-refractivity contribution is 7.90. The smallest absolute Gasteiger partial charge is 0.306 e. The molecule has 1 aromatic heterocycles. The van der Waals surface area contributed by atoms with Crippen LogP contribution < -0.4 is 4.72 Å². The van der Waals surface area contributed by atoms with E-state index < -0.39 is 16.0 Å². The molecular weight excluding hydrogens is 442 g/mol. The van der Waals surface area contributed by atoms with Gasteiger partial charge in [-0.05, 0) is 44.9 Å². The van der Waals surface area contributed by atoms with Gasteiger partial charge in [-0.1, -0.05) is 24.6 Å². The van der Waals surface area contributed by atoms with Gasteiger partial charge in [0.1, 0.15) is 5.84 Å². The summed E-state index contributed by atoms with van der Waals surface area (Å²) in [5, 5.41) is 0. The zero-order valence-corrected chi connectivity index (χ0v) is 19.8. The highest BCUT2D eigenvalue weighted by Gasteiger charge is 2.29. The molecule has 9 heteroatoms. The Morgan fingerprint density at radius 2 is 1.94 bits per heavy atom. The number of carbonyl (C=O) groups excluding carboxylic acids is 2. The summed E-state index contributed by atoms with van der Waals surface area (Å²) in [6.07, 6.45) is 4.03. The summed E-state index contributed by atoms with van der Waals surface area (Å²) < 4.78 is 33.7. The van der Waals surface area contributed by atoms with Gasteiger partial charge >= 0.3 is 5.97 Å². The van der Waals surface area contributed by atoms with Crippen molar-refractivity contribution in [3.05, 3.63) is 65.5 Å². The maximum absolute atomic E-state index is 12.4. The summed E-state index contributed by atoms with van der Waals surface area (Å²) >= 11 is 0. The number of fused-ring (bicyclic) bond motifs is 1. The summed E-state index contributed by atoms with van der Waals surface area (Å²) in [5.74, 6) is -0.273. The maximum atomic E-state index is 12.4. The van der Waals surface area contributed by atoms with Crippen LogP contribution >= 0.6 is 0 Å². The third-order valence-electron chi connectivity index (χ3n) is 5.52. The lowest BCUT2D eigenvalue weighted by molar-refractivity contribution is -0.142. The molecule has 176 valence electrons. The number of carbonyl (C=O) groups is 2. The Morgan fingerprint density at radius 1 is 1.18 bits per heavy atom. The average Bonchev–Trinajstić information content (AvgIpc) is 3.22. The number of ketones is 1. The number of Topliss-reactive ketones (excluding diaryl/α,β-unsaturated/α-hetero) is 1. The van der Waals surface area contributed by atoms with Crippen LogP contribution in [-0.4, -0.2) is 43.7 Å². The van der Waals surface area contributed by atoms with Crippen molar-refractivity contribution in [1.29, 1.82) is 0 Å². The summed E-state index contributed by atoms with van der Waals surface area (Å²) in [7, 11) is -3.53. The van der Waals surface area contributed by atoms with Gasteiger partial charge in [0.05, 0.1) is 4.90 Å². The van der Waals surface area contributed by atoms with Gasteiger partial charge in [-0.15, -0.1) is 6.58 Å². The SMILES string of the molecule is C=CCn1c(C)cc(C(=O)COC(=O)CCCCCN=C2NS(=O)(=O)c3ccccc32)c1C. The van der Waals surface area contributed by atoms with Crippen LogP contribution in [0.5, 0.6) is 0 Å². The number of hydrogen-bond donors (Lipinski definition) is 1. The Hall–Kier alpha value is -3.20. The van der Waals surface area contributed by atoms with Crippen LogP contribution in [-0.2, 0) is 26.1 Å². The van der Waals surface area contributed by atoms with E-state index in [1.807, 2.05) is 18.4 Å². The van der Waals surface area contributed by atoms with Crippen molar-refractivity contribution < 1.29 is 22.7 Å². The van der Waals surface area contributed by atoms with E-state index in [2.05, 4.69) is 16.3 Å². The number of unbranched alkanes of at least 4 members (excludes halogenated alkanes) is 2. The van der Waals surface area contributed by atoms with E-state index in [1.165, 1.54) is 0 Å². The van der Waals surface area contributed by atoms with Crippen LogP contribution in [0.3, 0.4) is 0 Å². The van der Waals surface area contributed by atoms with Crippen LogP contribution in [0.25, 0.3) is 0 Å². The number of hydrogen-bond acceptors (Lipinski definition) is 6. The molecule has 1 aliphatic rings. The molecule has 0 atom stereocenters. The van der Waals surface area contributed by atoms with Crippen molar-refractivity contribution in [2.24, 2.45) is 4.99 Å². The summed E-state index contributed by atoms with van der Waals surface area (Å²) in [6, 6.07) is 8.52. The molecule has 0 unspecified atom stereocenters. The number of sulfonamides is 1. The second-order valence-electron chi connectivity index (χ2n) is 7.91. The highest BCUT2D eigenvalue weighted by Crippen LogP contribution is 2.22. The number of allylic oxidation sites excluding steroid dienone is 1. The van der Waals surface area contributed by atoms with E-state index in [1.54, 1.807) is 36.4 Å². The topological polar surface area (TPSA) is 107 Å². The van der Waals surface area contributed by atoms with Crippen LogP contribution in [0.15, 0.2) is 52.9 Å². The quantitative estimate of drug-likeness (QED) is 0.234. The lowest BCUT2D eigenvalue weighted by Gasteiger charge is -2.07. The normalized spacial score (nSPS) is 15.2. The molecular formula is C24H29N3O5S. The third kappa shape index (κ3) is 5.78. The van der Waals surface area contributed by atoms with Gasteiger partial charge in [-0.2, -0.15) is 0 Å². The highest BCUT2D eigenvalue weighted by atomic mass is 32.2. The number of amidine groups is 1. The number of benzene rings is 1. The first-order valence-corrected chi connectivity index (χ1v) is 12.4. The first-order chi connectivity index (χ1) is 15.7. The third-order valence-corrected chi connectivity index (χ3v) is 6.92. The number of ether oxygens (including phenoxy) is 1. The Balaban J connectivity index is 1.38. The molecule has 0 aliphatic carbocycles. The minimum absolute atomic E-state index is 0.217. The Morgan fingerprint density at radius 3 is 2.70 bits per heavy atom. The molecule has 1 N–H and O–H groups in total. The van der Waals surface area contributed by atoms with E-state index in [0.717, 1.165) is 17.8 Å². The van der Waals surface area contributed by atoms with Crippen LogP contribution in [0.2, 0.25) is 0 Å². The fraction of sp³-hybridized carbons (Fsp3) is 0.375. The summed E-state index contributed by atoms with van der Waals surface area (Å²) in [4.78, 5) is 29.0. The number of aliphatic imine (C=N–C) groups is 1. The van der Waals surface area contributed by atoms with E-state index in [4.69, 9.17) is 4.74 Å². The molecule has 33 heavy (non-hydrogen) atoms. The molecule has 0 amide bonds. The second-order valence-corrected chi connectivity index (χ2v) is 9.56. The van der Waals surface area contributed by atoms with Crippen molar-refractivity contribution in [3.63, 3.8) is 0 Å². The molecule has 0 saturated heterocycles. The molecule has 3 rings (SSSR count). The fourth-order valence-corrected chi connectivity index (χ4v) is 5.04. The zero-order valence-electron chi connectivity index (χ0n) is 19.0. The van der Waals surface area contributed by atoms with Crippen molar-refractivity contribution in [2.75, 3.05) is 13.2 Å². The van der Waals surface area contributed by atoms with Gasteiger partial charge in [-0.3, -0.25) is 19.3 Å². The Bertz CT molecular complexity index is 1190. The Kier molecular flexibility index (Phi) is 7.86. The van der Waals surface area contributed by atoms with Gasteiger partial charge < -0.3 is 9.30 Å². The molecule has 2 heterocycles. The average molecular weight is 472 g/mol. The molecule has 0 fully saturated rings. The van der Waals surface area contributed by atoms with E-state index in [9.17, 15) is 18.0 Å². The van der Waals surface area contributed by atoms with Crippen LogP contribution in [0, 0.1) is 13.8 Å². The molecule has 0 bridgehead atoms. The predicted molar refractivity (Wildman–Crippen MR) is 126 cm³/mol. The minimum atomic E-state index is -3.53. The maximum Gasteiger partial charge on any atom is 0.306 e. The predicted octanol–water partition coefficient (Wildman–Crippen LogP) is 3.32. The van der Waals surface area contributed by atoms with E-state index in [0.29, 0.717) is 42.9 Å². The molecule has 1 aliphatic heterocycles. The summed E-state index contributed by atoms with van der Waals surface area (Å²) in [5.41, 5.74) is 2.93. The monoisotopic (exact) mass is 471 g/mol. The van der Waals surface area contributed by atoms with E-state index >= 15 is 0 Å². The molecule has 1 aromatic carbocycles. The molecule has 8 nitrogen and oxygen atoms in total. The first kappa shape index (κ1) is 24.4. The van der Waals surface area contributed by atoms with Crippen molar-refractivity contribution >= 4 is 27.6 Å². The van der Waals surface area contributed by atoms with Gasteiger partial charge in [0.2, 0.25) is 5.78 Å². The zero-order chi connectivity index (χ0) is 24.0. The fourth-order valence-electron chi connectivity index (χ4n) is 3.79. The number of aromatic nitrogens is 1. The van der Waals surface area contributed by atoms with Crippen molar-refractivity contribution in [3.8, 4) is 0 Å². The molecule has 0 radical (unpaired) electrons. The van der Waals surface area contributed by atoms with Gasteiger partial charge in [0, 0.05) is 42.0 Å². The number of nitrogens with zero attached hydrogens (tertiary/aromatic N) is 2. The largest absolute Gasteiger partial charge is 0.457 e. The number of nitrogens with one attached hydrogen (secondary N) is 1. The van der Waals surface area contributed by atoms with Crippen LogP contribution in [0.1, 0.15) is 53.0 Å². The minimum Gasteiger partial charge on any atom is -0.457 e. The van der Waals surface area contributed by atoms with E-state index in [-0.39, 0.29) is 23.7 Å². The van der Waals surface area contributed by atoms with Crippen LogP contribution in [0.4, 0.5) is 0 Å². The van der Waals surface area contributed by atoms with Crippen molar-refractivity contribution in [2.45, 2.75) is 51.0 Å². The standard InChI is InChI=1S/C24H29N3O5S/c1-4-14-27-17(2)15-20(18(27)3)21(28)16-32-23(29)12-6-5-9-13-25-24-19-10-7-8-11-22(19)33(30,31)26-24/h4,7-8,10-11,15H,1,5-6,9,12-14,16H2,2-3H3,(H,25,26).